The van der Waals surface area contributed by atoms with Gasteiger partial charge in [-0.05, 0) is 73.3 Å². The molecule has 3 aromatic rings. The molecule has 156 valence electrons. The minimum Gasteiger partial charge on any atom is -0.356 e. The van der Waals surface area contributed by atoms with Crippen molar-refractivity contribution in [3.63, 3.8) is 0 Å². The Labute approximate surface area is 177 Å². The number of nitrogens with zero attached hydrogens (tertiary/aromatic N) is 1. The predicted molar refractivity (Wildman–Crippen MR) is 120 cm³/mol. The number of carbonyl (C=O) groups excluding carboxylic acids is 1. The average Bonchev–Trinajstić information content (AvgIpc) is 2.78. The van der Waals surface area contributed by atoms with Gasteiger partial charge in [0.05, 0.1) is 0 Å². The van der Waals surface area contributed by atoms with Crippen molar-refractivity contribution < 1.29 is 9.18 Å². The quantitative estimate of drug-likeness (QED) is 0.619. The van der Waals surface area contributed by atoms with Crippen LogP contribution in [0.15, 0.2) is 66.7 Å². The summed E-state index contributed by atoms with van der Waals surface area (Å²) in [6.45, 7) is 4.66. The molecule has 3 aromatic carbocycles. The zero-order chi connectivity index (χ0) is 20.9. The van der Waals surface area contributed by atoms with Crippen molar-refractivity contribution >= 4 is 16.7 Å². The Kier molecular flexibility index (Phi) is 6.44. The molecule has 1 amide bonds. The van der Waals surface area contributed by atoms with Crippen LogP contribution in [-0.2, 0) is 11.2 Å². The van der Waals surface area contributed by atoms with Gasteiger partial charge in [-0.25, -0.2) is 4.39 Å². The number of benzene rings is 3. The molecule has 0 aliphatic carbocycles. The van der Waals surface area contributed by atoms with Gasteiger partial charge in [0.2, 0.25) is 5.91 Å². The molecule has 1 N–H and O–H groups in total. The van der Waals surface area contributed by atoms with E-state index in [-0.39, 0.29) is 17.6 Å². The minimum absolute atomic E-state index is 0.0634. The highest BCUT2D eigenvalue weighted by atomic mass is 19.1. The second-order valence-electron chi connectivity index (χ2n) is 8.23. The molecule has 1 atom stereocenters. The zero-order valence-electron chi connectivity index (χ0n) is 17.5. The van der Waals surface area contributed by atoms with E-state index in [1.165, 1.54) is 28.5 Å². The molecule has 3 nitrogen and oxygen atoms in total. The van der Waals surface area contributed by atoms with E-state index in [0.29, 0.717) is 19.0 Å². The molecule has 4 heteroatoms. The molecule has 4 rings (SSSR count). The lowest BCUT2D eigenvalue weighted by Gasteiger charge is -2.36. The molecular formula is C26H29FN2O. The number of halogens is 1. The Bertz CT molecular complexity index is 1010. The minimum atomic E-state index is -0.230. The highest BCUT2D eigenvalue weighted by molar-refractivity contribution is 5.86. The summed E-state index contributed by atoms with van der Waals surface area (Å²) in [6.07, 6.45) is 2.41. The fraction of sp³-hybridized carbons (Fsp3) is 0.346. The molecule has 1 saturated heterocycles. The van der Waals surface area contributed by atoms with Crippen LogP contribution in [0, 0.1) is 11.7 Å². The molecule has 1 aliphatic heterocycles. The van der Waals surface area contributed by atoms with Gasteiger partial charge in [0.15, 0.2) is 0 Å². The van der Waals surface area contributed by atoms with Gasteiger partial charge in [0.25, 0.3) is 0 Å². The van der Waals surface area contributed by atoms with Gasteiger partial charge < -0.3 is 5.32 Å². The summed E-state index contributed by atoms with van der Waals surface area (Å²) in [5.41, 5.74) is 2.26. The summed E-state index contributed by atoms with van der Waals surface area (Å²) < 4.78 is 13.3. The van der Waals surface area contributed by atoms with Gasteiger partial charge in [0.1, 0.15) is 5.82 Å². The van der Waals surface area contributed by atoms with Crippen LogP contribution in [0.1, 0.15) is 36.9 Å². The molecule has 0 aromatic heterocycles. The summed E-state index contributed by atoms with van der Waals surface area (Å²) in [4.78, 5) is 15.1. The molecule has 0 saturated carbocycles. The number of hydrogen-bond acceptors (Lipinski definition) is 2. The summed E-state index contributed by atoms with van der Waals surface area (Å²) in [5.74, 6) is -0.0381. The van der Waals surface area contributed by atoms with Crippen molar-refractivity contribution in [1.82, 2.24) is 10.2 Å². The lowest BCUT2D eigenvalue weighted by Crippen LogP contribution is -2.41. The third kappa shape index (κ3) is 4.71. The summed E-state index contributed by atoms with van der Waals surface area (Å²) in [7, 11) is 0. The maximum atomic E-state index is 13.3. The Morgan fingerprint density at radius 1 is 1.07 bits per heavy atom. The summed E-state index contributed by atoms with van der Waals surface area (Å²) >= 11 is 0. The molecule has 0 radical (unpaired) electrons. The first-order valence-electron chi connectivity index (χ1n) is 10.9. The SMILES string of the molecule is C[C@H](c1cccc2ccccc12)N1CCC(C(=O)NCCc2cccc(F)c2)CC1. The van der Waals surface area contributed by atoms with Gasteiger partial charge in [-0.3, -0.25) is 9.69 Å². The zero-order valence-corrected chi connectivity index (χ0v) is 17.5. The number of nitrogens with one attached hydrogen (secondary N) is 1. The normalized spacial score (nSPS) is 16.5. The van der Waals surface area contributed by atoms with E-state index >= 15 is 0 Å². The number of likely N-dealkylation sites (tertiary alicyclic amines) is 1. The predicted octanol–water partition coefficient (Wildman–Crippen LogP) is 5.11. The van der Waals surface area contributed by atoms with Crippen LogP contribution in [0.3, 0.4) is 0 Å². The van der Waals surface area contributed by atoms with Gasteiger partial charge in [-0.2, -0.15) is 0 Å². The van der Waals surface area contributed by atoms with E-state index < -0.39 is 0 Å². The van der Waals surface area contributed by atoms with E-state index in [1.54, 1.807) is 6.07 Å². The van der Waals surface area contributed by atoms with Crippen LogP contribution in [0.5, 0.6) is 0 Å². The van der Waals surface area contributed by atoms with Gasteiger partial charge in [0, 0.05) is 18.5 Å². The van der Waals surface area contributed by atoms with Crippen LogP contribution in [0.2, 0.25) is 0 Å². The summed E-state index contributed by atoms with van der Waals surface area (Å²) in [5, 5.41) is 5.62. The molecule has 0 bridgehead atoms. The van der Waals surface area contributed by atoms with Gasteiger partial charge in [-0.1, -0.05) is 54.6 Å². The van der Waals surface area contributed by atoms with Crippen LogP contribution >= 0.6 is 0 Å². The molecule has 30 heavy (non-hydrogen) atoms. The first kappa shape index (κ1) is 20.5. The molecule has 1 aliphatic rings. The lowest BCUT2D eigenvalue weighted by atomic mass is 9.92. The van der Waals surface area contributed by atoms with E-state index in [1.807, 2.05) is 6.07 Å². The van der Waals surface area contributed by atoms with Crippen molar-refractivity contribution in [1.29, 1.82) is 0 Å². The van der Waals surface area contributed by atoms with Gasteiger partial charge in [-0.15, -0.1) is 0 Å². The van der Waals surface area contributed by atoms with Crippen molar-refractivity contribution in [2.75, 3.05) is 19.6 Å². The van der Waals surface area contributed by atoms with E-state index in [2.05, 4.69) is 59.6 Å². The summed E-state index contributed by atoms with van der Waals surface area (Å²) in [6, 6.07) is 21.9. The number of amides is 1. The lowest BCUT2D eigenvalue weighted by molar-refractivity contribution is -0.126. The largest absolute Gasteiger partial charge is 0.356 e. The van der Waals surface area contributed by atoms with Gasteiger partial charge >= 0.3 is 0 Å². The van der Waals surface area contributed by atoms with E-state index in [4.69, 9.17) is 0 Å². The highest BCUT2D eigenvalue weighted by Crippen LogP contribution is 2.31. The number of piperidine rings is 1. The maximum absolute atomic E-state index is 13.3. The van der Waals surface area contributed by atoms with Crippen LogP contribution < -0.4 is 5.32 Å². The monoisotopic (exact) mass is 404 g/mol. The Morgan fingerprint density at radius 3 is 2.60 bits per heavy atom. The van der Waals surface area contributed by atoms with Crippen molar-refractivity contribution in [3.8, 4) is 0 Å². The van der Waals surface area contributed by atoms with E-state index in [9.17, 15) is 9.18 Å². The third-order valence-corrected chi connectivity index (χ3v) is 6.32. The Morgan fingerprint density at radius 2 is 1.80 bits per heavy atom. The Balaban J connectivity index is 1.29. The van der Waals surface area contributed by atoms with Crippen molar-refractivity contribution in [3.05, 3.63) is 83.7 Å². The van der Waals surface area contributed by atoms with Crippen molar-refractivity contribution in [2.24, 2.45) is 5.92 Å². The fourth-order valence-electron chi connectivity index (χ4n) is 4.53. The maximum Gasteiger partial charge on any atom is 0.223 e. The number of carbonyl (C=O) groups is 1. The molecule has 0 spiro atoms. The molecule has 0 unspecified atom stereocenters. The number of rotatable bonds is 6. The fourth-order valence-corrected chi connectivity index (χ4v) is 4.53. The Hall–Kier alpha value is -2.72. The van der Waals surface area contributed by atoms with Crippen LogP contribution in [-0.4, -0.2) is 30.4 Å². The smallest absolute Gasteiger partial charge is 0.223 e. The van der Waals surface area contributed by atoms with Crippen molar-refractivity contribution in [2.45, 2.75) is 32.2 Å². The van der Waals surface area contributed by atoms with E-state index in [0.717, 1.165) is 31.5 Å². The van der Waals surface area contributed by atoms with Crippen LogP contribution in [0.25, 0.3) is 10.8 Å². The third-order valence-electron chi connectivity index (χ3n) is 6.32. The number of hydrogen-bond donors (Lipinski definition) is 1. The molecule has 1 fully saturated rings. The second kappa shape index (κ2) is 9.40. The second-order valence-corrected chi connectivity index (χ2v) is 8.23. The first-order chi connectivity index (χ1) is 14.6. The number of fused-ring (bicyclic) bond motifs is 1. The first-order valence-corrected chi connectivity index (χ1v) is 10.9. The topological polar surface area (TPSA) is 32.3 Å². The average molecular weight is 405 g/mol. The van der Waals surface area contributed by atoms with Crippen LogP contribution in [0.4, 0.5) is 4.39 Å². The standard InChI is InChI=1S/C26H29FN2O/c1-19(24-11-5-8-21-7-2-3-10-25(21)24)29-16-13-22(14-17-29)26(30)28-15-12-20-6-4-9-23(27)18-20/h2-11,18-19,22H,12-17H2,1H3,(H,28,30)/t19-/m1/s1. The molecular weight excluding hydrogens is 375 g/mol. The molecule has 1 heterocycles. The highest BCUT2D eigenvalue weighted by Gasteiger charge is 2.28.